The molecule has 26 heavy (non-hydrogen) atoms. The lowest BCUT2D eigenvalue weighted by Gasteiger charge is -2.26. The van der Waals surface area contributed by atoms with Gasteiger partial charge < -0.3 is 18.8 Å². The zero-order valence-electron chi connectivity index (χ0n) is 15.3. The van der Waals surface area contributed by atoms with Crippen molar-refractivity contribution in [1.29, 1.82) is 0 Å². The lowest BCUT2D eigenvalue weighted by Crippen LogP contribution is -2.41. The van der Waals surface area contributed by atoms with Crippen LogP contribution < -0.4 is 0 Å². The Labute approximate surface area is 154 Å². The summed E-state index contributed by atoms with van der Waals surface area (Å²) in [4.78, 5) is 13.9. The van der Waals surface area contributed by atoms with Crippen molar-refractivity contribution in [1.82, 2.24) is 4.90 Å². The summed E-state index contributed by atoms with van der Waals surface area (Å²) in [5, 5.41) is 0. The molecule has 2 atom stereocenters. The number of benzene rings is 1. The second-order valence-electron chi connectivity index (χ2n) is 6.80. The monoisotopic (exact) mass is 357 g/mol. The highest BCUT2D eigenvalue weighted by atomic mass is 16.6. The Morgan fingerprint density at radius 1 is 1.15 bits per heavy atom. The first-order valence-corrected chi connectivity index (χ1v) is 9.30. The predicted molar refractivity (Wildman–Crippen MR) is 99.3 cm³/mol. The molecule has 1 aromatic heterocycles. The Morgan fingerprint density at radius 3 is 2.62 bits per heavy atom. The first-order chi connectivity index (χ1) is 12.7. The molecular formula is C21H27NO4. The highest BCUT2D eigenvalue weighted by molar-refractivity contribution is 5.67. The fraction of sp³-hybridized carbons (Fsp3) is 0.476. The van der Waals surface area contributed by atoms with Crippen molar-refractivity contribution >= 4 is 6.09 Å². The molecule has 0 saturated carbocycles. The van der Waals surface area contributed by atoms with Crippen LogP contribution in [0.15, 0.2) is 53.3 Å². The van der Waals surface area contributed by atoms with Gasteiger partial charge in [-0.3, -0.25) is 0 Å². The van der Waals surface area contributed by atoms with E-state index in [0.29, 0.717) is 44.7 Å². The van der Waals surface area contributed by atoms with Crippen LogP contribution in [0.4, 0.5) is 4.79 Å². The average Bonchev–Trinajstić information content (AvgIpc) is 3.23. The largest absolute Gasteiger partial charge is 0.472 e. The Morgan fingerprint density at radius 2 is 1.92 bits per heavy atom. The number of morpholine rings is 1. The van der Waals surface area contributed by atoms with Gasteiger partial charge in [0.1, 0.15) is 0 Å². The van der Waals surface area contributed by atoms with Gasteiger partial charge in [-0.15, -0.1) is 0 Å². The van der Waals surface area contributed by atoms with Crippen LogP contribution in [-0.2, 0) is 9.47 Å². The van der Waals surface area contributed by atoms with Crippen LogP contribution in [0, 0.1) is 0 Å². The standard InChI is InChI=1S/C21H27NO4/c1-17(20-7-11-25-16-20)15-19(18-5-3-2-4-6-18)8-12-26-21(23)22-9-13-24-14-10-22/h2-7,11,16-17,19H,8-10,12-15H2,1H3/t17-,19-/m0/s1. The smallest absolute Gasteiger partial charge is 0.409 e. The van der Waals surface area contributed by atoms with Crippen LogP contribution in [0.3, 0.4) is 0 Å². The van der Waals surface area contributed by atoms with E-state index < -0.39 is 0 Å². The molecule has 5 heteroatoms. The normalized spacial score (nSPS) is 16.9. The van der Waals surface area contributed by atoms with Gasteiger partial charge in [0.05, 0.1) is 32.3 Å². The topological polar surface area (TPSA) is 51.9 Å². The Hall–Kier alpha value is -2.27. The number of ether oxygens (including phenoxy) is 2. The van der Waals surface area contributed by atoms with Gasteiger partial charge >= 0.3 is 6.09 Å². The van der Waals surface area contributed by atoms with Crippen molar-refractivity contribution in [2.45, 2.75) is 31.6 Å². The van der Waals surface area contributed by atoms with E-state index in [1.54, 1.807) is 11.2 Å². The van der Waals surface area contributed by atoms with Gasteiger partial charge in [-0.2, -0.15) is 0 Å². The fourth-order valence-corrected chi connectivity index (χ4v) is 3.39. The lowest BCUT2D eigenvalue weighted by atomic mass is 9.85. The third kappa shape index (κ3) is 5.11. The Balaban J connectivity index is 1.56. The lowest BCUT2D eigenvalue weighted by molar-refractivity contribution is 0.0264. The number of rotatable bonds is 7. The summed E-state index contributed by atoms with van der Waals surface area (Å²) in [7, 11) is 0. The molecule has 0 bridgehead atoms. The maximum Gasteiger partial charge on any atom is 0.409 e. The number of carbonyl (C=O) groups excluding carboxylic acids is 1. The zero-order valence-corrected chi connectivity index (χ0v) is 15.3. The summed E-state index contributed by atoms with van der Waals surface area (Å²) in [6.07, 6.45) is 5.09. The van der Waals surface area contributed by atoms with Gasteiger partial charge in [-0.05, 0) is 41.9 Å². The molecule has 0 unspecified atom stereocenters. The number of hydrogen-bond acceptors (Lipinski definition) is 4. The first kappa shape index (κ1) is 18.5. The molecular weight excluding hydrogens is 330 g/mol. The molecule has 1 saturated heterocycles. The molecule has 1 aliphatic heterocycles. The summed E-state index contributed by atoms with van der Waals surface area (Å²) in [5.74, 6) is 0.715. The molecule has 1 amide bonds. The number of carbonyl (C=O) groups is 1. The minimum absolute atomic E-state index is 0.233. The Kier molecular flexibility index (Phi) is 6.72. The van der Waals surface area contributed by atoms with Gasteiger partial charge in [0.15, 0.2) is 0 Å². The number of hydrogen-bond donors (Lipinski definition) is 0. The minimum Gasteiger partial charge on any atom is -0.472 e. The van der Waals surface area contributed by atoms with E-state index >= 15 is 0 Å². The highest BCUT2D eigenvalue weighted by Gasteiger charge is 2.20. The van der Waals surface area contributed by atoms with Crippen molar-refractivity contribution < 1.29 is 18.7 Å². The average molecular weight is 357 g/mol. The van der Waals surface area contributed by atoms with Crippen molar-refractivity contribution in [3.8, 4) is 0 Å². The van der Waals surface area contributed by atoms with E-state index in [-0.39, 0.29) is 6.09 Å². The van der Waals surface area contributed by atoms with Gasteiger partial charge in [0.2, 0.25) is 0 Å². The molecule has 0 N–H and O–H groups in total. The summed E-state index contributed by atoms with van der Waals surface area (Å²) < 4.78 is 16.0. The third-order valence-electron chi connectivity index (χ3n) is 4.98. The van der Waals surface area contributed by atoms with E-state index in [0.717, 1.165) is 12.8 Å². The summed E-state index contributed by atoms with van der Waals surface area (Å²) in [5.41, 5.74) is 2.49. The summed E-state index contributed by atoms with van der Waals surface area (Å²) in [6.45, 7) is 5.03. The molecule has 0 spiro atoms. The number of amides is 1. The van der Waals surface area contributed by atoms with E-state index in [9.17, 15) is 4.79 Å². The number of nitrogens with zero attached hydrogens (tertiary/aromatic N) is 1. The van der Waals surface area contributed by atoms with Crippen LogP contribution >= 0.6 is 0 Å². The van der Waals surface area contributed by atoms with Crippen LogP contribution in [0.1, 0.15) is 42.7 Å². The first-order valence-electron chi connectivity index (χ1n) is 9.30. The maximum absolute atomic E-state index is 12.2. The summed E-state index contributed by atoms with van der Waals surface area (Å²) >= 11 is 0. The van der Waals surface area contributed by atoms with Crippen molar-refractivity contribution in [3.63, 3.8) is 0 Å². The molecule has 1 fully saturated rings. The van der Waals surface area contributed by atoms with Crippen LogP contribution in [0.5, 0.6) is 0 Å². The molecule has 1 aromatic carbocycles. The van der Waals surface area contributed by atoms with Gasteiger partial charge in [0.25, 0.3) is 0 Å². The second-order valence-corrected chi connectivity index (χ2v) is 6.80. The molecule has 5 nitrogen and oxygen atoms in total. The minimum atomic E-state index is -0.233. The van der Waals surface area contributed by atoms with Crippen LogP contribution in [0.25, 0.3) is 0 Å². The van der Waals surface area contributed by atoms with Gasteiger partial charge in [0, 0.05) is 13.1 Å². The summed E-state index contributed by atoms with van der Waals surface area (Å²) in [6, 6.07) is 12.5. The van der Waals surface area contributed by atoms with Crippen LogP contribution in [-0.4, -0.2) is 43.9 Å². The fourth-order valence-electron chi connectivity index (χ4n) is 3.39. The molecule has 3 rings (SSSR count). The maximum atomic E-state index is 12.2. The molecule has 2 aromatic rings. The zero-order chi connectivity index (χ0) is 18.2. The number of furan rings is 1. The molecule has 140 valence electrons. The molecule has 2 heterocycles. The SMILES string of the molecule is C[C@@H](C[C@H](CCOC(=O)N1CCOCC1)c1ccccc1)c1ccoc1. The Bertz CT molecular complexity index is 650. The predicted octanol–water partition coefficient (Wildman–Crippen LogP) is 4.42. The molecule has 0 aliphatic carbocycles. The van der Waals surface area contributed by atoms with Crippen molar-refractivity contribution in [2.75, 3.05) is 32.9 Å². The molecule has 1 aliphatic rings. The second kappa shape index (κ2) is 9.43. The van der Waals surface area contributed by atoms with E-state index in [2.05, 4.69) is 31.2 Å². The van der Waals surface area contributed by atoms with Crippen molar-refractivity contribution in [2.24, 2.45) is 0 Å². The van der Waals surface area contributed by atoms with E-state index in [1.807, 2.05) is 18.4 Å². The molecule has 0 radical (unpaired) electrons. The van der Waals surface area contributed by atoms with Gasteiger partial charge in [-0.1, -0.05) is 37.3 Å². The van der Waals surface area contributed by atoms with E-state index in [1.165, 1.54) is 11.1 Å². The quantitative estimate of drug-likeness (QED) is 0.736. The van der Waals surface area contributed by atoms with E-state index in [4.69, 9.17) is 13.9 Å². The third-order valence-corrected chi connectivity index (χ3v) is 4.98. The van der Waals surface area contributed by atoms with Gasteiger partial charge in [-0.25, -0.2) is 4.79 Å². The van der Waals surface area contributed by atoms with Crippen molar-refractivity contribution in [3.05, 3.63) is 60.1 Å². The van der Waals surface area contributed by atoms with Crippen LogP contribution in [0.2, 0.25) is 0 Å². The highest BCUT2D eigenvalue weighted by Crippen LogP contribution is 2.32.